The Kier molecular flexibility index (Phi) is 7.98. The van der Waals surface area contributed by atoms with Crippen LogP contribution in [0.15, 0.2) is 47.5 Å². The predicted molar refractivity (Wildman–Crippen MR) is 125 cm³/mol. The second kappa shape index (κ2) is 11.1. The van der Waals surface area contributed by atoms with Crippen molar-refractivity contribution in [2.75, 3.05) is 25.0 Å². The van der Waals surface area contributed by atoms with Gasteiger partial charge in [-0.2, -0.15) is 0 Å². The first kappa shape index (κ1) is 22.3. The van der Waals surface area contributed by atoms with Crippen molar-refractivity contribution in [1.82, 2.24) is 25.2 Å². The molecular formula is C23H31N7O. The second-order valence-corrected chi connectivity index (χ2v) is 7.30. The Morgan fingerprint density at radius 2 is 1.90 bits per heavy atom. The molecule has 8 nitrogen and oxygen atoms in total. The number of anilines is 1. The van der Waals surface area contributed by atoms with Gasteiger partial charge >= 0.3 is 0 Å². The van der Waals surface area contributed by atoms with Gasteiger partial charge in [-0.1, -0.05) is 18.2 Å². The van der Waals surface area contributed by atoms with Crippen LogP contribution >= 0.6 is 0 Å². The maximum atomic E-state index is 12.1. The topological polar surface area (TPSA) is 96.2 Å². The molecule has 164 valence electrons. The highest BCUT2D eigenvalue weighted by molar-refractivity contribution is 5.90. The minimum absolute atomic E-state index is 0.0797. The van der Waals surface area contributed by atoms with Crippen LogP contribution in [0.4, 0.5) is 5.82 Å². The number of carbonyl (C=O) groups excluding carboxylic acids is 1. The first-order chi connectivity index (χ1) is 15.1. The van der Waals surface area contributed by atoms with Gasteiger partial charge in [-0.3, -0.25) is 9.79 Å². The molecule has 8 heteroatoms. The van der Waals surface area contributed by atoms with Crippen LogP contribution in [0.2, 0.25) is 0 Å². The number of aryl methyl sites for hydroxylation is 3. The van der Waals surface area contributed by atoms with Crippen LogP contribution in [-0.4, -0.2) is 46.0 Å². The van der Waals surface area contributed by atoms with E-state index in [0.29, 0.717) is 25.3 Å². The van der Waals surface area contributed by atoms with Gasteiger partial charge in [0.1, 0.15) is 11.6 Å². The van der Waals surface area contributed by atoms with Crippen LogP contribution in [-0.2, 0) is 11.3 Å². The SMILES string of the molecule is CCNC(=NCCCn1c(C)nc2ccccc21)NCCC(=O)Nc1cccc(C)n1. The summed E-state index contributed by atoms with van der Waals surface area (Å²) < 4.78 is 2.23. The summed E-state index contributed by atoms with van der Waals surface area (Å²) in [5.74, 6) is 2.23. The number of rotatable bonds is 9. The van der Waals surface area contributed by atoms with Crippen LogP contribution in [0.5, 0.6) is 0 Å². The zero-order valence-corrected chi connectivity index (χ0v) is 18.5. The van der Waals surface area contributed by atoms with E-state index in [0.717, 1.165) is 48.0 Å². The van der Waals surface area contributed by atoms with Gasteiger partial charge in [0.25, 0.3) is 0 Å². The van der Waals surface area contributed by atoms with Gasteiger partial charge in [-0.15, -0.1) is 0 Å². The molecule has 3 rings (SSSR count). The van der Waals surface area contributed by atoms with E-state index in [4.69, 9.17) is 0 Å². The van der Waals surface area contributed by atoms with E-state index in [-0.39, 0.29) is 5.91 Å². The Hall–Kier alpha value is -3.42. The molecule has 0 saturated heterocycles. The number of benzene rings is 1. The molecule has 0 radical (unpaired) electrons. The van der Waals surface area contributed by atoms with Gasteiger partial charge in [-0.25, -0.2) is 9.97 Å². The van der Waals surface area contributed by atoms with Crippen molar-refractivity contribution in [3.8, 4) is 0 Å². The third-order valence-electron chi connectivity index (χ3n) is 4.80. The molecule has 0 atom stereocenters. The standard InChI is InChI=1S/C23H31N7O/c1-4-24-23(26-15-13-22(31)29-21-12-7-9-17(2)27-21)25-14-8-16-30-18(3)28-19-10-5-6-11-20(19)30/h5-7,9-12H,4,8,13-16H2,1-3H3,(H2,24,25,26)(H,27,29,31). The number of hydrogen-bond donors (Lipinski definition) is 3. The second-order valence-electron chi connectivity index (χ2n) is 7.30. The molecule has 0 aliphatic rings. The largest absolute Gasteiger partial charge is 0.357 e. The van der Waals surface area contributed by atoms with Crippen molar-refractivity contribution >= 4 is 28.7 Å². The predicted octanol–water partition coefficient (Wildman–Crippen LogP) is 3.02. The van der Waals surface area contributed by atoms with Gasteiger partial charge in [0.05, 0.1) is 11.0 Å². The number of guanidine groups is 1. The number of aliphatic imine (C=N–C) groups is 1. The number of fused-ring (bicyclic) bond motifs is 1. The summed E-state index contributed by atoms with van der Waals surface area (Å²) in [4.78, 5) is 25.7. The minimum Gasteiger partial charge on any atom is -0.357 e. The van der Waals surface area contributed by atoms with E-state index in [1.165, 1.54) is 0 Å². The number of hydrogen-bond acceptors (Lipinski definition) is 4. The van der Waals surface area contributed by atoms with E-state index < -0.39 is 0 Å². The Bertz CT molecular complexity index is 1040. The number of nitrogens with one attached hydrogen (secondary N) is 3. The van der Waals surface area contributed by atoms with Crippen LogP contribution < -0.4 is 16.0 Å². The Labute approximate surface area is 183 Å². The van der Waals surface area contributed by atoms with Crippen LogP contribution in [0.25, 0.3) is 11.0 Å². The number of amides is 1. The molecule has 0 spiro atoms. The van der Waals surface area contributed by atoms with Crippen LogP contribution in [0.1, 0.15) is 31.3 Å². The maximum absolute atomic E-state index is 12.1. The number of imidazole rings is 1. The van der Waals surface area contributed by atoms with E-state index in [2.05, 4.69) is 41.5 Å². The van der Waals surface area contributed by atoms with Crippen molar-refractivity contribution in [1.29, 1.82) is 0 Å². The van der Waals surface area contributed by atoms with E-state index in [1.54, 1.807) is 6.07 Å². The molecule has 31 heavy (non-hydrogen) atoms. The Balaban J connectivity index is 1.45. The maximum Gasteiger partial charge on any atom is 0.227 e. The molecule has 0 bridgehead atoms. The summed E-state index contributed by atoms with van der Waals surface area (Å²) in [5.41, 5.74) is 3.05. The zero-order chi connectivity index (χ0) is 22.1. The quantitative estimate of drug-likeness (QED) is 0.280. The van der Waals surface area contributed by atoms with Crippen molar-refractivity contribution < 1.29 is 4.79 Å². The van der Waals surface area contributed by atoms with Gasteiger partial charge in [0.2, 0.25) is 5.91 Å². The van der Waals surface area contributed by atoms with Crippen molar-refractivity contribution in [3.05, 3.63) is 54.0 Å². The average Bonchev–Trinajstić information content (AvgIpc) is 3.06. The van der Waals surface area contributed by atoms with Crippen molar-refractivity contribution in [3.63, 3.8) is 0 Å². The lowest BCUT2D eigenvalue weighted by Gasteiger charge is -2.12. The van der Waals surface area contributed by atoms with E-state index >= 15 is 0 Å². The average molecular weight is 422 g/mol. The van der Waals surface area contributed by atoms with Crippen molar-refractivity contribution in [2.45, 2.75) is 40.2 Å². The fraction of sp³-hybridized carbons (Fsp3) is 0.391. The fourth-order valence-corrected chi connectivity index (χ4v) is 3.35. The van der Waals surface area contributed by atoms with E-state index in [9.17, 15) is 4.79 Å². The third kappa shape index (κ3) is 6.53. The highest BCUT2D eigenvalue weighted by Crippen LogP contribution is 2.15. The summed E-state index contributed by atoms with van der Waals surface area (Å²) in [5, 5.41) is 9.26. The normalized spacial score (nSPS) is 11.5. The lowest BCUT2D eigenvalue weighted by molar-refractivity contribution is -0.116. The number of nitrogens with zero attached hydrogens (tertiary/aromatic N) is 4. The molecule has 0 fully saturated rings. The molecule has 0 aliphatic carbocycles. The highest BCUT2D eigenvalue weighted by atomic mass is 16.1. The number of aromatic nitrogens is 3. The van der Waals surface area contributed by atoms with Crippen LogP contribution in [0, 0.1) is 13.8 Å². The molecular weight excluding hydrogens is 390 g/mol. The van der Waals surface area contributed by atoms with Gasteiger partial charge in [0, 0.05) is 38.3 Å². The number of pyridine rings is 1. The highest BCUT2D eigenvalue weighted by Gasteiger charge is 2.07. The summed E-state index contributed by atoms with van der Waals surface area (Å²) in [6, 6.07) is 13.7. The minimum atomic E-state index is -0.0797. The Morgan fingerprint density at radius 1 is 1.06 bits per heavy atom. The molecule has 0 aliphatic heterocycles. The summed E-state index contributed by atoms with van der Waals surface area (Å²) >= 11 is 0. The first-order valence-corrected chi connectivity index (χ1v) is 10.7. The molecule has 3 N–H and O–H groups in total. The molecule has 0 unspecified atom stereocenters. The van der Waals surface area contributed by atoms with E-state index in [1.807, 2.05) is 51.1 Å². The molecule has 2 aromatic heterocycles. The zero-order valence-electron chi connectivity index (χ0n) is 18.5. The third-order valence-corrected chi connectivity index (χ3v) is 4.80. The van der Waals surface area contributed by atoms with Crippen LogP contribution in [0.3, 0.4) is 0 Å². The van der Waals surface area contributed by atoms with Gasteiger partial charge in [-0.05, 0) is 51.5 Å². The number of para-hydroxylation sites is 2. The molecule has 0 saturated carbocycles. The lowest BCUT2D eigenvalue weighted by atomic mass is 10.3. The molecule has 1 aromatic carbocycles. The summed E-state index contributed by atoms with van der Waals surface area (Å²) in [6.07, 6.45) is 1.23. The summed E-state index contributed by atoms with van der Waals surface area (Å²) in [7, 11) is 0. The summed E-state index contributed by atoms with van der Waals surface area (Å²) in [6.45, 7) is 8.75. The molecule has 2 heterocycles. The van der Waals surface area contributed by atoms with Crippen molar-refractivity contribution in [2.24, 2.45) is 4.99 Å². The Morgan fingerprint density at radius 3 is 2.71 bits per heavy atom. The molecule has 1 amide bonds. The lowest BCUT2D eigenvalue weighted by Crippen LogP contribution is -2.38. The van der Waals surface area contributed by atoms with Gasteiger partial charge < -0.3 is 20.5 Å². The monoisotopic (exact) mass is 421 g/mol. The first-order valence-electron chi connectivity index (χ1n) is 10.7. The van der Waals surface area contributed by atoms with Gasteiger partial charge in [0.15, 0.2) is 5.96 Å². The molecule has 3 aromatic rings. The smallest absolute Gasteiger partial charge is 0.227 e. The fourth-order valence-electron chi connectivity index (χ4n) is 3.35. The number of carbonyl (C=O) groups is 1.